The van der Waals surface area contributed by atoms with Crippen molar-refractivity contribution in [1.29, 1.82) is 0 Å². The van der Waals surface area contributed by atoms with Crippen LogP contribution in [-0.4, -0.2) is 19.4 Å². The number of carbonyl (C=O) groups is 1. The van der Waals surface area contributed by atoms with E-state index in [4.69, 9.17) is 0 Å². The van der Waals surface area contributed by atoms with E-state index in [9.17, 15) is 9.18 Å². The molecule has 0 amide bonds. The molecular weight excluding hydrogens is 217 g/mol. The third-order valence-corrected chi connectivity index (χ3v) is 3.02. The number of rotatable bonds is 6. The summed E-state index contributed by atoms with van der Waals surface area (Å²) in [7, 11) is 0. The molecule has 1 atom stereocenters. The number of carbonyl (C=O) groups excluding carboxylic acids is 1. The van der Waals surface area contributed by atoms with Crippen molar-refractivity contribution in [2.24, 2.45) is 5.92 Å². The van der Waals surface area contributed by atoms with Crippen molar-refractivity contribution in [1.82, 2.24) is 0 Å². The molecule has 0 aliphatic carbocycles. The van der Waals surface area contributed by atoms with Crippen LogP contribution in [0.4, 0.5) is 10.1 Å². The van der Waals surface area contributed by atoms with E-state index in [1.165, 1.54) is 12.1 Å². The van der Waals surface area contributed by atoms with Crippen LogP contribution < -0.4 is 4.90 Å². The third kappa shape index (κ3) is 3.84. The van der Waals surface area contributed by atoms with Gasteiger partial charge in [0.25, 0.3) is 0 Å². The minimum atomic E-state index is -0.354. The van der Waals surface area contributed by atoms with Crippen molar-refractivity contribution in [3.05, 3.63) is 29.6 Å². The summed E-state index contributed by atoms with van der Waals surface area (Å²) in [4.78, 5) is 12.8. The first-order valence-corrected chi connectivity index (χ1v) is 6.11. The van der Waals surface area contributed by atoms with Gasteiger partial charge in [0.1, 0.15) is 12.1 Å². The maximum atomic E-state index is 13.3. The van der Waals surface area contributed by atoms with Crippen molar-refractivity contribution in [3.8, 4) is 0 Å². The van der Waals surface area contributed by atoms with Crippen LogP contribution in [0.5, 0.6) is 0 Å². The van der Waals surface area contributed by atoms with Gasteiger partial charge in [-0.05, 0) is 31.0 Å². The second-order valence-electron chi connectivity index (χ2n) is 4.41. The highest BCUT2D eigenvalue weighted by atomic mass is 19.1. The maximum Gasteiger partial charge on any atom is 0.150 e. The van der Waals surface area contributed by atoms with Crippen molar-refractivity contribution < 1.29 is 9.18 Å². The zero-order valence-electron chi connectivity index (χ0n) is 10.7. The van der Waals surface area contributed by atoms with Crippen LogP contribution in [0, 0.1) is 11.7 Å². The Labute approximate surface area is 102 Å². The van der Waals surface area contributed by atoms with Gasteiger partial charge in [-0.1, -0.05) is 20.3 Å². The lowest BCUT2D eigenvalue weighted by molar-refractivity contribution is 0.112. The normalized spacial score (nSPS) is 12.2. The zero-order valence-corrected chi connectivity index (χ0v) is 10.7. The van der Waals surface area contributed by atoms with Gasteiger partial charge in [-0.15, -0.1) is 0 Å². The highest BCUT2D eigenvalue weighted by Gasteiger charge is 2.10. The highest BCUT2D eigenvalue weighted by Crippen LogP contribution is 2.19. The minimum Gasteiger partial charge on any atom is -0.371 e. The summed E-state index contributed by atoms with van der Waals surface area (Å²) >= 11 is 0. The van der Waals surface area contributed by atoms with Gasteiger partial charge in [-0.2, -0.15) is 0 Å². The molecular formula is C14H20FNO. The van der Waals surface area contributed by atoms with Gasteiger partial charge >= 0.3 is 0 Å². The number of aldehydes is 1. The van der Waals surface area contributed by atoms with E-state index < -0.39 is 0 Å². The Morgan fingerprint density at radius 1 is 1.35 bits per heavy atom. The Morgan fingerprint density at radius 3 is 2.59 bits per heavy atom. The standard InChI is InChI=1S/C14H20FNO/c1-4-11(3)9-16(5-2)14-7-12(10-17)6-13(15)8-14/h6-8,10-11H,4-5,9H2,1-3H3. The van der Waals surface area contributed by atoms with Crippen LogP contribution in [0.2, 0.25) is 0 Å². The molecule has 1 aromatic rings. The lowest BCUT2D eigenvalue weighted by atomic mass is 10.1. The van der Waals surface area contributed by atoms with Gasteiger partial charge in [0.05, 0.1) is 0 Å². The van der Waals surface area contributed by atoms with E-state index in [-0.39, 0.29) is 5.82 Å². The average Bonchev–Trinajstić information content (AvgIpc) is 2.34. The van der Waals surface area contributed by atoms with Crippen LogP contribution in [0.3, 0.4) is 0 Å². The number of halogens is 1. The molecule has 0 saturated heterocycles. The summed E-state index contributed by atoms with van der Waals surface area (Å²) < 4.78 is 13.3. The molecule has 0 saturated carbocycles. The molecule has 0 N–H and O–H groups in total. The summed E-state index contributed by atoms with van der Waals surface area (Å²) in [5.74, 6) is 0.199. The monoisotopic (exact) mass is 237 g/mol. The van der Waals surface area contributed by atoms with E-state index in [1.54, 1.807) is 6.07 Å². The number of anilines is 1. The van der Waals surface area contributed by atoms with Crippen LogP contribution >= 0.6 is 0 Å². The molecule has 0 radical (unpaired) electrons. The van der Waals surface area contributed by atoms with Crippen molar-refractivity contribution in [2.45, 2.75) is 27.2 Å². The minimum absolute atomic E-state index is 0.354. The Bertz CT molecular complexity index is 378. The van der Waals surface area contributed by atoms with Gasteiger partial charge in [0, 0.05) is 24.3 Å². The predicted octanol–water partition coefficient (Wildman–Crippen LogP) is 3.51. The Balaban J connectivity index is 2.94. The second kappa shape index (κ2) is 6.38. The van der Waals surface area contributed by atoms with E-state index >= 15 is 0 Å². The Kier molecular flexibility index (Phi) is 5.13. The largest absolute Gasteiger partial charge is 0.371 e. The fourth-order valence-corrected chi connectivity index (χ4v) is 1.77. The molecule has 0 heterocycles. The Morgan fingerprint density at radius 2 is 2.06 bits per heavy atom. The molecule has 1 unspecified atom stereocenters. The maximum absolute atomic E-state index is 13.3. The number of nitrogens with zero attached hydrogens (tertiary/aromatic N) is 1. The summed E-state index contributed by atoms with van der Waals surface area (Å²) in [6.07, 6.45) is 1.77. The summed E-state index contributed by atoms with van der Waals surface area (Å²) in [5.41, 5.74) is 1.18. The molecule has 17 heavy (non-hydrogen) atoms. The molecule has 0 aliphatic heterocycles. The smallest absolute Gasteiger partial charge is 0.150 e. The highest BCUT2D eigenvalue weighted by molar-refractivity contribution is 5.77. The molecule has 1 rings (SSSR count). The first kappa shape index (κ1) is 13.7. The van der Waals surface area contributed by atoms with Gasteiger partial charge in [0.15, 0.2) is 0 Å². The molecule has 94 valence electrons. The zero-order chi connectivity index (χ0) is 12.8. The fourth-order valence-electron chi connectivity index (χ4n) is 1.77. The molecule has 0 aliphatic rings. The summed E-state index contributed by atoms with van der Waals surface area (Å²) in [5, 5.41) is 0. The molecule has 0 bridgehead atoms. The topological polar surface area (TPSA) is 20.3 Å². The fraction of sp³-hybridized carbons (Fsp3) is 0.500. The SMILES string of the molecule is CCC(C)CN(CC)c1cc(F)cc(C=O)c1. The lowest BCUT2D eigenvalue weighted by Gasteiger charge is -2.26. The van der Waals surface area contributed by atoms with Gasteiger partial charge < -0.3 is 4.90 Å². The summed E-state index contributed by atoms with van der Waals surface area (Å²) in [6.45, 7) is 8.04. The van der Waals surface area contributed by atoms with E-state index in [2.05, 4.69) is 18.7 Å². The second-order valence-corrected chi connectivity index (χ2v) is 4.41. The Hall–Kier alpha value is -1.38. The lowest BCUT2D eigenvalue weighted by Crippen LogP contribution is -2.28. The molecule has 2 nitrogen and oxygen atoms in total. The van der Waals surface area contributed by atoms with Gasteiger partial charge in [-0.3, -0.25) is 4.79 Å². The molecule has 0 spiro atoms. The molecule has 3 heteroatoms. The first-order chi connectivity index (χ1) is 8.10. The molecule has 1 aromatic carbocycles. The number of hydrogen-bond donors (Lipinski definition) is 0. The van der Waals surface area contributed by atoms with Crippen LogP contribution in [-0.2, 0) is 0 Å². The van der Waals surface area contributed by atoms with Crippen molar-refractivity contribution in [2.75, 3.05) is 18.0 Å². The van der Waals surface area contributed by atoms with Crippen molar-refractivity contribution >= 4 is 12.0 Å². The summed E-state index contributed by atoms with van der Waals surface area (Å²) in [6, 6.07) is 4.48. The quantitative estimate of drug-likeness (QED) is 0.706. The average molecular weight is 237 g/mol. The third-order valence-electron chi connectivity index (χ3n) is 3.02. The van der Waals surface area contributed by atoms with Gasteiger partial charge in [0.2, 0.25) is 0 Å². The van der Waals surface area contributed by atoms with E-state index in [0.717, 1.165) is 25.2 Å². The molecule has 0 fully saturated rings. The van der Waals surface area contributed by atoms with Crippen LogP contribution in [0.1, 0.15) is 37.6 Å². The number of benzene rings is 1. The van der Waals surface area contributed by atoms with Crippen molar-refractivity contribution in [3.63, 3.8) is 0 Å². The first-order valence-electron chi connectivity index (χ1n) is 6.11. The van der Waals surface area contributed by atoms with E-state index in [0.29, 0.717) is 17.8 Å². The number of hydrogen-bond acceptors (Lipinski definition) is 2. The van der Waals surface area contributed by atoms with Crippen LogP contribution in [0.15, 0.2) is 18.2 Å². The van der Waals surface area contributed by atoms with E-state index in [1.807, 2.05) is 6.92 Å². The predicted molar refractivity (Wildman–Crippen MR) is 69.1 cm³/mol. The molecule has 0 aromatic heterocycles. The van der Waals surface area contributed by atoms with Gasteiger partial charge in [-0.25, -0.2) is 4.39 Å². The van der Waals surface area contributed by atoms with Crippen LogP contribution in [0.25, 0.3) is 0 Å².